The van der Waals surface area contributed by atoms with Gasteiger partial charge in [0.15, 0.2) is 18.1 Å². The first-order chi connectivity index (χ1) is 13.1. The number of phenols is 1. The summed E-state index contributed by atoms with van der Waals surface area (Å²) in [5.74, 6) is 1.00. The largest absolute Gasteiger partial charge is 0.504 e. The first-order valence-electron chi connectivity index (χ1n) is 8.86. The zero-order valence-electron chi connectivity index (χ0n) is 15.2. The Hall–Kier alpha value is -3.28. The summed E-state index contributed by atoms with van der Waals surface area (Å²) in [5.41, 5.74) is 1.03. The van der Waals surface area contributed by atoms with Crippen LogP contribution >= 0.6 is 0 Å². The van der Waals surface area contributed by atoms with Gasteiger partial charge in [-0.1, -0.05) is 42.5 Å². The molecular weight excluding hydrogens is 342 g/mol. The maximum atomic E-state index is 12.4. The Labute approximate surface area is 158 Å². The van der Waals surface area contributed by atoms with Crippen molar-refractivity contribution in [2.24, 2.45) is 0 Å². The molecule has 3 rings (SSSR count). The van der Waals surface area contributed by atoms with Crippen LogP contribution in [-0.4, -0.2) is 27.2 Å². The number of phenolic OH excluding ortho intramolecular Hbond substituents is 1. The Morgan fingerprint density at radius 2 is 1.93 bits per heavy atom. The Balaban J connectivity index is 1.63. The number of benzene rings is 2. The van der Waals surface area contributed by atoms with Crippen molar-refractivity contribution in [3.63, 3.8) is 0 Å². The van der Waals surface area contributed by atoms with Crippen molar-refractivity contribution in [3.05, 3.63) is 78.4 Å². The third-order valence-corrected chi connectivity index (χ3v) is 4.34. The van der Waals surface area contributed by atoms with E-state index in [1.165, 1.54) is 6.07 Å². The first-order valence-corrected chi connectivity index (χ1v) is 8.86. The van der Waals surface area contributed by atoms with Gasteiger partial charge in [0.2, 0.25) is 0 Å². The summed E-state index contributed by atoms with van der Waals surface area (Å²) in [7, 11) is 0. The van der Waals surface area contributed by atoms with Gasteiger partial charge in [-0.2, -0.15) is 0 Å². The molecule has 0 aliphatic rings. The van der Waals surface area contributed by atoms with Gasteiger partial charge in [-0.3, -0.25) is 4.79 Å². The Kier molecular flexibility index (Phi) is 6.10. The second kappa shape index (κ2) is 8.89. The SMILES string of the molecule is Cc1nccn1CCC(NC(=O)COc1ccccc1O)c1ccccc1. The van der Waals surface area contributed by atoms with Crippen LogP contribution in [0.1, 0.15) is 23.9 Å². The lowest BCUT2D eigenvalue weighted by Gasteiger charge is -2.20. The quantitative estimate of drug-likeness (QED) is 0.643. The Bertz CT molecular complexity index is 877. The molecule has 0 saturated heterocycles. The average molecular weight is 365 g/mol. The number of carbonyl (C=O) groups excluding carboxylic acids is 1. The minimum absolute atomic E-state index is 0.0143. The van der Waals surface area contributed by atoms with E-state index in [1.54, 1.807) is 24.4 Å². The summed E-state index contributed by atoms with van der Waals surface area (Å²) in [5, 5.41) is 12.8. The van der Waals surface area contributed by atoms with Crippen molar-refractivity contribution in [1.82, 2.24) is 14.9 Å². The van der Waals surface area contributed by atoms with Crippen molar-refractivity contribution < 1.29 is 14.6 Å². The van der Waals surface area contributed by atoms with Gasteiger partial charge in [0.05, 0.1) is 6.04 Å². The molecule has 1 unspecified atom stereocenters. The van der Waals surface area contributed by atoms with Gasteiger partial charge >= 0.3 is 0 Å². The van der Waals surface area contributed by atoms with Crippen LogP contribution in [-0.2, 0) is 11.3 Å². The molecule has 140 valence electrons. The lowest BCUT2D eigenvalue weighted by Crippen LogP contribution is -2.33. The summed E-state index contributed by atoms with van der Waals surface area (Å²) in [6, 6.07) is 16.3. The molecule has 0 bridgehead atoms. The highest BCUT2D eigenvalue weighted by Crippen LogP contribution is 2.24. The topological polar surface area (TPSA) is 76.4 Å². The van der Waals surface area contributed by atoms with E-state index in [2.05, 4.69) is 14.9 Å². The number of ether oxygens (including phenoxy) is 1. The lowest BCUT2D eigenvalue weighted by molar-refractivity contribution is -0.123. The highest BCUT2D eigenvalue weighted by atomic mass is 16.5. The van der Waals surface area contributed by atoms with Crippen LogP contribution in [0.5, 0.6) is 11.5 Å². The molecule has 1 aromatic heterocycles. The van der Waals surface area contributed by atoms with E-state index in [9.17, 15) is 9.90 Å². The summed E-state index contributed by atoms with van der Waals surface area (Å²) >= 11 is 0. The Morgan fingerprint density at radius 1 is 1.19 bits per heavy atom. The fourth-order valence-corrected chi connectivity index (χ4v) is 2.87. The molecular formula is C21H23N3O3. The van der Waals surface area contributed by atoms with Gasteiger partial charge in [0.25, 0.3) is 5.91 Å². The van der Waals surface area contributed by atoms with Gasteiger partial charge in [0.1, 0.15) is 5.82 Å². The average Bonchev–Trinajstić information content (AvgIpc) is 3.10. The number of rotatable bonds is 8. The van der Waals surface area contributed by atoms with Gasteiger partial charge in [-0.05, 0) is 31.0 Å². The van der Waals surface area contributed by atoms with Crippen LogP contribution in [0, 0.1) is 6.92 Å². The number of para-hydroxylation sites is 2. The number of hydrogen-bond acceptors (Lipinski definition) is 4. The van der Waals surface area contributed by atoms with Crippen LogP contribution in [0.4, 0.5) is 0 Å². The summed E-state index contributed by atoms with van der Waals surface area (Å²) in [4.78, 5) is 16.6. The molecule has 0 spiro atoms. The zero-order valence-corrected chi connectivity index (χ0v) is 15.2. The number of aromatic nitrogens is 2. The van der Waals surface area contributed by atoms with E-state index < -0.39 is 0 Å². The van der Waals surface area contributed by atoms with Crippen molar-refractivity contribution in [3.8, 4) is 11.5 Å². The molecule has 0 saturated carbocycles. The number of nitrogens with zero attached hydrogens (tertiary/aromatic N) is 2. The predicted octanol–water partition coefficient (Wildman–Crippen LogP) is 3.22. The van der Waals surface area contributed by atoms with Crippen LogP contribution in [0.15, 0.2) is 67.0 Å². The van der Waals surface area contributed by atoms with E-state index >= 15 is 0 Å². The van der Waals surface area contributed by atoms with Crippen LogP contribution in [0.25, 0.3) is 0 Å². The summed E-state index contributed by atoms with van der Waals surface area (Å²) in [6.45, 7) is 2.54. The number of aryl methyl sites for hydroxylation is 2. The number of carbonyl (C=O) groups is 1. The van der Waals surface area contributed by atoms with Crippen LogP contribution in [0.3, 0.4) is 0 Å². The normalized spacial score (nSPS) is 11.7. The van der Waals surface area contributed by atoms with Crippen LogP contribution < -0.4 is 10.1 Å². The second-order valence-electron chi connectivity index (χ2n) is 6.24. The minimum atomic E-state index is -0.241. The van der Waals surface area contributed by atoms with Gasteiger partial charge in [-0.15, -0.1) is 0 Å². The number of imidazole rings is 1. The molecule has 0 aliphatic heterocycles. The molecule has 2 aromatic carbocycles. The molecule has 1 heterocycles. The van der Waals surface area contributed by atoms with E-state index in [0.717, 1.165) is 24.4 Å². The molecule has 6 nitrogen and oxygen atoms in total. The molecule has 0 radical (unpaired) electrons. The van der Waals surface area contributed by atoms with E-state index in [4.69, 9.17) is 4.74 Å². The van der Waals surface area contributed by atoms with Crippen molar-refractivity contribution in [1.29, 1.82) is 0 Å². The maximum absolute atomic E-state index is 12.4. The standard InChI is InChI=1S/C21H23N3O3/c1-16-22-12-14-24(16)13-11-18(17-7-3-2-4-8-17)23-21(26)15-27-20-10-6-5-9-19(20)25/h2-10,12,14,18,25H,11,13,15H2,1H3,(H,23,26). The maximum Gasteiger partial charge on any atom is 0.258 e. The molecule has 0 fully saturated rings. The first kappa shape index (κ1) is 18.5. The molecule has 0 aliphatic carbocycles. The Morgan fingerprint density at radius 3 is 2.63 bits per heavy atom. The number of amides is 1. The number of hydrogen-bond donors (Lipinski definition) is 2. The fraction of sp³-hybridized carbons (Fsp3) is 0.238. The molecule has 6 heteroatoms. The fourth-order valence-electron chi connectivity index (χ4n) is 2.87. The predicted molar refractivity (Wildman–Crippen MR) is 103 cm³/mol. The van der Waals surface area contributed by atoms with Crippen molar-refractivity contribution >= 4 is 5.91 Å². The highest BCUT2D eigenvalue weighted by Gasteiger charge is 2.16. The third-order valence-electron chi connectivity index (χ3n) is 4.34. The summed E-state index contributed by atoms with van der Waals surface area (Å²) < 4.78 is 7.48. The van der Waals surface area contributed by atoms with Crippen LogP contribution in [0.2, 0.25) is 0 Å². The number of aromatic hydroxyl groups is 1. The highest BCUT2D eigenvalue weighted by molar-refractivity contribution is 5.78. The molecule has 1 amide bonds. The van der Waals surface area contributed by atoms with Gasteiger partial charge < -0.3 is 19.7 Å². The van der Waals surface area contributed by atoms with Gasteiger partial charge in [-0.25, -0.2) is 4.98 Å². The van der Waals surface area contributed by atoms with Gasteiger partial charge in [0, 0.05) is 18.9 Å². The lowest BCUT2D eigenvalue weighted by atomic mass is 10.0. The van der Waals surface area contributed by atoms with Crippen molar-refractivity contribution in [2.75, 3.05) is 6.61 Å². The smallest absolute Gasteiger partial charge is 0.258 e. The molecule has 27 heavy (non-hydrogen) atoms. The summed E-state index contributed by atoms with van der Waals surface area (Å²) in [6.07, 6.45) is 4.43. The van der Waals surface area contributed by atoms with E-state index in [1.807, 2.05) is 43.5 Å². The second-order valence-corrected chi connectivity index (χ2v) is 6.24. The van der Waals surface area contributed by atoms with E-state index in [0.29, 0.717) is 0 Å². The number of nitrogens with one attached hydrogen (secondary N) is 1. The zero-order chi connectivity index (χ0) is 19.1. The molecule has 1 atom stereocenters. The monoisotopic (exact) mass is 365 g/mol. The van der Waals surface area contributed by atoms with E-state index in [-0.39, 0.29) is 30.1 Å². The van der Waals surface area contributed by atoms with Crippen molar-refractivity contribution in [2.45, 2.75) is 25.9 Å². The third kappa shape index (κ3) is 5.10. The minimum Gasteiger partial charge on any atom is -0.504 e. The molecule has 2 N–H and O–H groups in total. The molecule has 3 aromatic rings.